The van der Waals surface area contributed by atoms with Crippen LogP contribution in [0.4, 0.5) is 0 Å². The zero-order valence-corrected chi connectivity index (χ0v) is 17.2. The average molecular weight is 423 g/mol. The summed E-state index contributed by atoms with van der Waals surface area (Å²) in [5, 5.41) is -0.418. The van der Waals surface area contributed by atoms with Crippen LogP contribution in [0.5, 0.6) is 0 Å². The lowest BCUT2D eigenvalue weighted by Gasteiger charge is -2.41. The Morgan fingerprint density at radius 1 is 0.759 bits per heavy atom. The van der Waals surface area contributed by atoms with E-state index in [0.29, 0.717) is 23.6 Å². The Kier molecular flexibility index (Phi) is 5.75. The number of allylic oxidation sites excluding steroid dienone is 1. The predicted molar refractivity (Wildman–Crippen MR) is 118 cm³/mol. The zero-order chi connectivity index (χ0) is 20.3. The Labute approximate surface area is 180 Å². The summed E-state index contributed by atoms with van der Waals surface area (Å²) in [5.41, 5.74) is 2.08. The summed E-state index contributed by atoms with van der Waals surface area (Å²) in [7, 11) is 0. The van der Waals surface area contributed by atoms with Crippen LogP contribution in [0.15, 0.2) is 96.0 Å². The van der Waals surface area contributed by atoms with Crippen LogP contribution < -0.4 is 0 Å². The van der Waals surface area contributed by atoms with Gasteiger partial charge in [0.2, 0.25) is 0 Å². The van der Waals surface area contributed by atoms with E-state index in [1.807, 2.05) is 91.0 Å². The van der Waals surface area contributed by atoms with Gasteiger partial charge in [-0.15, -0.1) is 11.6 Å². The molecule has 0 fully saturated rings. The lowest BCUT2D eigenvalue weighted by atomic mass is 9.71. The normalized spacial score (nSPS) is 18.4. The molecule has 1 unspecified atom stereocenters. The number of cyclic esters (lactones) is 1. The standard InChI is InChI=1S/C25H20Cl2O2/c26-22-21(20-14-8-3-9-15-20)29-24(28)23(27)25(22,16-18-10-4-1-5-11-18)17-19-12-6-2-7-13-19/h1-15,23H,16-17H2. The molecular formula is C25H20Cl2O2. The molecule has 0 aromatic heterocycles. The van der Waals surface area contributed by atoms with E-state index >= 15 is 0 Å². The molecule has 0 radical (unpaired) electrons. The quantitative estimate of drug-likeness (QED) is 0.359. The Morgan fingerprint density at radius 3 is 1.69 bits per heavy atom. The first-order chi connectivity index (χ1) is 14.1. The molecule has 4 rings (SSSR count). The molecule has 0 bridgehead atoms. The molecule has 29 heavy (non-hydrogen) atoms. The lowest BCUT2D eigenvalue weighted by Crippen LogP contribution is -2.45. The maximum atomic E-state index is 12.9. The van der Waals surface area contributed by atoms with Crippen LogP contribution >= 0.6 is 23.2 Å². The summed E-state index contributed by atoms with van der Waals surface area (Å²) in [6.07, 6.45) is 1.06. The molecule has 0 amide bonds. The van der Waals surface area contributed by atoms with Crippen LogP contribution in [0.1, 0.15) is 16.7 Å². The van der Waals surface area contributed by atoms with Gasteiger partial charge in [-0.25, -0.2) is 4.79 Å². The van der Waals surface area contributed by atoms with Crippen molar-refractivity contribution < 1.29 is 9.53 Å². The summed E-state index contributed by atoms with van der Waals surface area (Å²) in [4.78, 5) is 12.9. The van der Waals surface area contributed by atoms with Crippen molar-refractivity contribution in [2.24, 2.45) is 5.41 Å². The van der Waals surface area contributed by atoms with Gasteiger partial charge in [-0.3, -0.25) is 0 Å². The summed E-state index contributed by atoms with van der Waals surface area (Å²) in [6.45, 7) is 0. The number of rotatable bonds is 5. The Bertz CT molecular complexity index is 973. The summed E-state index contributed by atoms with van der Waals surface area (Å²) < 4.78 is 5.60. The van der Waals surface area contributed by atoms with E-state index in [9.17, 15) is 4.79 Å². The maximum Gasteiger partial charge on any atom is 0.330 e. The molecule has 0 aliphatic carbocycles. The highest BCUT2D eigenvalue weighted by molar-refractivity contribution is 6.38. The van der Waals surface area contributed by atoms with Gasteiger partial charge in [0.15, 0.2) is 5.76 Å². The molecule has 1 aliphatic rings. The number of alkyl halides is 1. The Morgan fingerprint density at radius 2 is 1.21 bits per heavy atom. The number of hydrogen-bond acceptors (Lipinski definition) is 2. The molecule has 3 aromatic carbocycles. The van der Waals surface area contributed by atoms with E-state index in [4.69, 9.17) is 27.9 Å². The molecule has 0 saturated carbocycles. The van der Waals surface area contributed by atoms with Crippen LogP contribution in [0.25, 0.3) is 5.76 Å². The van der Waals surface area contributed by atoms with Crippen molar-refractivity contribution in [3.05, 3.63) is 113 Å². The monoisotopic (exact) mass is 422 g/mol. The fraction of sp³-hybridized carbons (Fsp3) is 0.160. The molecule has 0 saturated heterocycles. The number of ether oxygens (including phenoxy) is 1. The number of carbonyl (C=O) groups excluding carboxylic acids is 1. The minimum Gasteiger partial charge on any atom is -0.423 e. The highest BCUT2D eigenvalue weighted by atomic mass is 35.5. The smallest absolute Gasteiger partial charge is 0.330 e. The topological polar surface area (TPSA) is 26.3 Å². The third kappa shape index (κ3) is 3.96. The van der Waals surface area contributed by atoms with Crippen molar-refractivity contribution in [1.82, 2.24) is 0 Å². The van der Waals surface area contributed by atoms with E-state index in [1.54, 1.807) is 0 Å². The summed E-state index contributed by atoms with van der Waals surface area (Å²) in [5.74, 6) is -0.0807. The first-order valence-electron chi connectivity index (χ1n) is 9.49. The fourth-order valence-electron chi connectivity index (χ4n) is 3.85. The minimum absolute atomic E-state index is 0.390. The van der Waals surface area contributed by atoms with Crippen LogP contribution in [-0.4, -0.2) is 11.3 Å². The zero-order valence-electron chi connectivity index (χ0n) is 15.7. The van der Waals surface area contributed by atoms with Gasteiger partial charge in [-0.2, -0.15) is 0 Å². The third-order valence-corrected chi connectivity index (χ3v) is 6.44. The molecule has 0 N–H and O–H groups in total. The molecular weight excluding hydrogens is 403 g/mol. The molecule has 1 heterocycles. The van der Waals surface area contributed by atoms with Gasteiger partial charge in [-0.1, -0.05) is 103 Å². The van der Waals surface area contributed by atoms with E-state index in [-0.39, 0.29) is 0 Å². The van der Waals surface area contributed by atoms with Gasteiger partial charge in [0, 0.05) is 11.0 Å². The second-order valence-electron chi connectivity index (χ2n) is 7.27. The molecule has 1 aliphatic heterocycles. The minimum atomic E-state index is -0.900. The Balaban J connectivity index is 1.89. The van der Waals surface area contributed by atoms with Gasteiger partial charge < -0.3 is 4.74 Å². The lowest BCUT2D eigenvalue weighted by molar-refractivity contribution is -0.139. The highest BCUT2D eigenvalue weighted by Gasteiger charge is 2.51. The van der Waals surface area contributed by atoms with Gasteiger partial charge in [0.05, 0.1) is 5.03 Å². The molecule has 2 nitrogen and oxygen atoms in total. The van der Waals surface area contributed by atoms with Crippen molar-refractivity contribution in [2.45, 2.75) is 18.2 Å². The van der Waals surface area contributed by atoms with E-state index in [1.165, 1.54) is 0 Å². The molecule has 0 spiro atoms. The number of hydrogen-bond donors (Lipinski definition) is 0. The molecule has 4 heteroatoms. The van der Waals surface area contributed by atoms with Crippen molar-refractivity contribution in [2.75, 3.05) is 0 Å². The first kappa shape index (κ1) is 19.8. The van der Waals surface area contributed by atoms with Gasteiger partial charge in [-0.05, 0) is 24.0 Å². The van der Waals surface area contributed by atoms with Crippen molar-refractivity contribution in [3.63, 3.8) is 0 Å². The Hall–Kier alpha value is -2.55. The SMILES string of the molecule is O=C1OC(c2ccccc2)=C(Cl)C(Cc2ccccc2)(Cc2ccccc2)C1Cl. The highest BCUT2D eigenvalue weighted by Crippen LogP contribution is 2.50. The van der Waals surface area contributed by atoms with Crippen LogP contribution in [0, 0.1) is 5.41 Å². The largest absolute Gasteiger partial charge is 0.423 e. The number of benzene rings is 3. The maximum absolute atomic E-state index is 12.9. The van der Waals surface area contributed by atoms with Crippen molar-refractivity contribution in [1.29, 1.82) is 0 Å². The number of esters is 1. The first-order valence-corrected chi connectivity index (χ1v) is 10.3. The second-order valence-corrected chi connectivity index (χ2v) is 8.09. The number of halogens is 2. The van der Waals surface area contributed by atoms with E-state index in [2.05, 4.69) is 0 Å². The average Bonchev–Trinajstić information content (AvgIpc) is 2.77. The predicted octanol–water partition coefficient (Wildman–Crippen LogP) is 6.23. The summed E-state index contributed by atoms with van der Waals surface area (Å²) >= 11 is 13.8. The molecule has 146 valence electrons. The van der Waals surface area contributed by atoms with Gasteiger partial charge >= 0.3 is 5.97 Å². The van der Waals surface area contributed by atoms with Gasteiger partial charge in [0.25, 0.3) is 0 Å². The van der Waals surface area contributed by atoms with Crippen molar-refractivity contribution in [3.8, 4) is 0 Å². The third-order valence-electron chi connectivity index (χ3n) is 5.29. The fourth-order valence-corrected chi connectivity index (χ4v) is 4.61. The molecule has 1 atom stereocenters. The number of carbonyl (C=O) groups is 1. The van der Waals surface area contributed by atoms with Crippen LogP contribution in [-0.2, 0) is 22.4 Å². The van der Waals surface area contributed by atoms with E-state index < -0.39 is 16.8 Å². The van der Waals surface area contributed by atoms with Gasteiger partial charge in [0.1, 0.15) is 5.38 Å². The van der Waals surface area contributed by atoms with Crippen molar-refractivity contribution >= 4 is 34.9 Å². The van der Waals surface area contributed by atoms with E-state index in [0.717, 1.165) is 16.7 Å². The second kappa shape index (κ2) is 8.44. The van der Waals surface area contributed by atoms with Crippen LogP contribution in [0.3, 0.4) is 0 Å². The van der Waals surface area contributed by atoms with Crippen LogP contribution in [0.2, 0.25) is 0 Å². The summed E-state index contributed by atoms with van der Waals surface area (Å²) in [6, 6.07) is 29.4. The molecule has 3 aromatic rings.